The molecule has 1 heterocycles. The Morgan fingerprint density at radius 2 is 1.91 bits per heavy atom. The highest BCUT2D eigenvalue weighted by Crippen LogP contribution is 2.40. The molecule has 1 aromatic heterocycles. The molecule has 2 aliphatic rings. The summed E-state index contributed by atoms with van der Waals surface area (Å²) in [6.45, 7) is 6.86. The third kappa shape index (κ3) is 3.35. The molecule has 120 valence electrons. The molecule has 1 atom stereocenters. The van der Waals surface area contributed by atoms with Crippen LogP contribution in [0.25, 0.3) is 0 Å². The fourth-order valence-corrected chi connectivity index (χ4v) is 4.11. The maximum Gasteiger partial charge on any atom is 0.279 e. The second kappa shape index (κ2) is 5.69. The lowest BCUT2D eigenvalue weighted by atomic mass is 9.72. The molecule has 2 N–H and O–H groups in total. The van der Waals surface area contributed by atoms with Crippen LogP contribution >= 0.6 is 11.3 Å². The molecule has 5 heteroatoms. The van der Waals surface area contributed by atoms with E-state index in [0.29, 0.717) is 16.2 Å². The van der Waals surface area contributed by atoms with Crippen molar-refractivity contribution in [2.24, 2.45) is 17.3 Å². The first kappa shape index (κ1) is 15.5. The Bertz CT molecular complexity index is 596. The molecule has 2 amide bonds. The highest BCUT2D eigenvalue weighted by atomic mass is 32.1. The zero-order valence-corrected chi connectivity index (χ0v) is 14.3. The minimum absolute atomic E-state index is 0.0672. The van der Waals surface area contributed by atoms with Gasteiger partial charge in [0.05, 0.1) is 4.88 Å². The third-order valence-electron chi connectivity index (χ3n) is 4.78. The van der Waals surface area contributed by atoms with Gasteiger partial charge in [0.15, 0.2) is 0 Å². The van der Waals surface area contributed by atoms with E-state index in [2.05, 4.69) is 31.6 Å². The van der Waals surface area contributed by atoms with Crippen molar-refractivity contribution in [1.29, 1.82) is 0 Å². The fraction of sp³-hybridized carbons (Fsp3) is 0.647. The molecule has 0 bridgehead atoms. The van der Waals surface area contributed by atoms with Gasteiger partial charge < -0.3 is 0 Å². The van der Waals surface area contributed by atoms with Crippen LogP contribution in [0.1, 0.15) is 60.1 Å². The van der Waals surface area contributed by atoms with Crippen molar-refractivity contribution in [3.05, 3.63) is 21.4 Å². The highest BCUT2D eigenvalue weighted by Gasteiger charge is 2.31. The molecule has 0 aliphatic heterocycles. The van der Waals surface area contributed by atoms with E-state index in [0.717, 1.165) is 25.7 Å². The molecule has 0 spiro atoms. The molecule has 0 radical (unpaired) electrons. The lowest BCUT2D eigenvalue weighted by molar-refractivity contribution is -0.123. The smallest absolute Gasteiger partial charge is 0.273 e. The van der Waals surface area contributed by atoms with Crippen molar-refractivity contribution in [1.82, 2.24) is 10.9 Å². The van der Waals surface area contributed by atoms with E-state index in [-0.39, 0.29) is 17.7 Å². The number of rotatable bonds is 2. The third-order valence-corrected chi connectivity index (χ3v) is 6.01. The molecule has 22 heavy (non-hydrogen) atoms. The quantitative estimate of drug-likeness (QED) is 0.823. The summed E-state index contributed by atoms with van der Waals surface area (Å²) < 4.78 is 0. The summed E-state index contributed by atoms with van der Waals surface area (Å²) >= 11 is 1.57. The minimum Gasteiger partial charge on any atom is -0.273 e. The van der Waals surface area contributed by atoms with Gasteiger partial charge in [0.25, 0.3) is 5.91 Å². The van der Waals surface area contributed by atoms with Gasteiger partial charge in [-0.1, -0.05) is 20.8 Å². The van der Waals surface area contributed by atoms with E-state index < -0.39 is 0 Å². The van der Waals surface area contributed by atoms with Crippen LogP contribution in [0.15, 0.2) is 6.07 Å². The van der Waals surface area contributed by atoms with Gasteiger partial charge >= 0.3 is 0 Å². The molecule has 0 saturated heterocycles. The van der Waals surface area contributed by atoms with Gasteiger partial charge in [0.2, 0.25) is 5.91 Å². The zero-order valence-electron chi connectivity index (χ0n) is 13.5. The number of fused-ring (bicyclic) bond motifs is 1. The Balaban J connectivity index is 1.63. The second-order valence-corrected chi connectivity index (χ2v) is 8.72. The summed E-state index contributed by atoms with van der Waals surface area (Å²) in [5.41, 5.74) is 6.69. The van der Waals surface area contributed by atoms with Crippen molar-refractivity contribution in [3.63, 3.8) is 0 Å². The van der Waals surface area contributed by atoms with Crippen molar-refractivity contribution < 1.29 is 9.59 Å². The average molecular weight is 320 g/mol. The first-order valence-electron chi connectivity index (χ1n) is 8.06. The molecule has 0 aromatic carbocycles. The molecule has 4 nitrogen and oxygen atoms in total. The maximum atomic E-state index is 12.2. The number of hydrazine groups is 1. The SMILES string of the molecule is CC(C)(C)C1CCc2sc(C(=O)NNC(=O)C3CC3)cc2C1. The van der Waals surface area contributed by atoms with E-state index in [4.69, 9.17) is 0 Å². The monoisotopic (exact) mass is 320 g/mol. The van der Waals surface area contributed by atoms with Gasteiger partial charge in [-0.3, -0.25) is 20.4 Å². The summed E-state index contributed by atoms with van der Waals surface area (Å²) in [6, 6.07) is 2.01. The number of amides is 2. The van der Waals surface area contributed by atoms with E-state index in [1.165, 1.54) is 16.9 Å². The first-order valence-corrected chi connectivity index (χ1v) is 8.88. The average Bonchev–Trinajstić information content (AvgIpc) is 3.21. The number of thiophene rings is 1. The number of aryl methyl sites for hydroxylation is 1. The van der Waals surface area contributed by atoms with Crippen LogP contribution in [0.2, 0.25) is 0 Å². The molecular formula is C17H24N2O2S. The van der Waals surface area contributed by atoms with E-state index in [9.17, 15) is 9.59 Å². The lowest BCUT2D eigenvalue weighted by Crippen LogP contribution is -2.42. The molecular weight excluding hydrogens is 296 g/mol. The van der Waals surface area contributed by atoms with Crippen LogP contribution in [0, 0.1) is 17.3 Å². The Labute approximate surface area is 135 Å². The van der Waals surface area contributed by atoms with Crippen LogP contribution in [0.4, 0.5) is 0 Å². The Morgan fingerprint density at radius 1 is 1.18 bits per heavy atom. The number of hydrogen-bond donors (Lipinski definition) is 2. The summed E-state index contributed by atoms with van der Waals surface area (Å²) in [4.78, 5) is 25.8. The fourth-order valence-electron chi connectivity index (χ4n) is 3.00. The largest absolute Gasteiger partial charge is 0.279 e. The first-order chi connectivity index (χ1) is 10.3. The topological polar surface area (TPSA) is 58.2 Å². The highest BCUT2D eigenvalue weighted by molar-refractivity contribution is 7.14. The van der Waals surface area contributed by atoms with Crippen molar-refractivity contribution in [3.8, 4) is 0 Å². The minimum atomic E-state index is -0.194. The molecule has 1 aromatic rings. The van der Waals surface area contributed by atoms with Crippen LogP contribution in [-0.2, 0) is 17.6 Å². The summed E-state index contributed by atoms with van der Waals surface area (Å²) in [5, 5.41) is 0. The molecule has 2 aliphatic carbocycles. The summed E-state index contributed by atoms with van der Waals surface area (Å²) in [7, 11) is 0. The van der Waals surface area contributed by atoms with Gasteiger partial charge in [0, 0.05) is 10.8 Å². The number of hydrogen-bond acceptors (Lipinski definition) is 3. The Morgan fingerprint density at radius 3 is 2.55 bits per heavy atom. The van der Waals surface area contributed by atoms with Crippen molar-refractivity contribution in [2.45, 2.75) is 52.9 Å². The van der Waals surface area contributed by atoms with Gasteiger partial charge in [-0.25, -0.2) is 0 Å². The molecule has 1 saturated carbocycles. The van der Waals surface area contributed by atoms with Crippen molar-refractivity contribution >= 4 is 23.2 Å². The van der Waals surface area contributed by atoms with E-state index >= 15 is 0 Å². The Kier molecular flexibility index (Phi) is 4.02. The van der Waals surface area contributed by atoms with Crippen molar-refractivity contribution in [2.75, 3.05) is 0 Å². The number of carbonyl (C=O) groups excluding carboxylic acids is 2. The van der Waals surface area contributed by atoms with Gasteiger partial charge in [-0.05, 0) is 55.1 Å². The molecule has 1 fully saturated rings. The van der Waals surface area contributed by atoms with Crippen LogP contribution in [-0.4, -0.2) is 11.8 Å². The standard InChI is InChI=1S/C17H24N2O2S/c1-17(2,3)12-6-7-13-11(8-12)9-14(22-13)16(21)19-18-15(20)10-4-5-10/h9-10,12H,4-8H2,1-3H3,(H,18,20)(H,19,21). The zero-order chi connectivity index (χ0) is 15.9. The molecule has 3 rings (SSSR count). The van der Waals surface area contributed by atoms with Gasteiger partial charge in [-0.2, -0.15) is 0 Å². The summed E-state index contributed by atoms with van der Waals surface area (Å²) in [5.74, 6) is 0.507. The summed E-state index contributed by atoms with van der Waals surface area (Å²) in [6.07, 6.45) is 5.17. The second-order valence-electron chi connectivity index (χ2n) is 7.58. The lowest BCUT2D eigenvalue weighted by Gasteiger charge is -2.33. The van der Waals surface area contributed by atoms with E-state index in [1.54, 1.807) is 11.3 Å². The van der Waals surface area contributed by atoms with Crippen LogP contribution in [0.3, 0.4) is 0 Å². The Hall–Kier alpha value is -1.36. The predicted octanol–water partition coefficient (Wildman–Crippen LogP) is 3.07. The van der Waals surface area contributed by atoms with Gasteiger partial charge in [0.1, 0.15) is 0 Å². The van der Waals surface area contributed by atoms with Gasteiger partial charge in [-0.15, -0.1) is 11.3 Å². The molecule has 1 unspecified atom stereocenters. The number of nitrogens with one attached hydrogen (secondary N) is 2. The van der Waals surface area contributed by atoms with Crippen LogP contribution in [0.5, 0.6) is 0 Å². The normalized spacial score (nSPS) is 21.1. The maximum absolute atomic E-state index is 12.2. The van der Waals surface area contributed by atoms with E-state index in [1.807, 2.05) is 6.07 Å². The number of carbonyl (C=O) groups is 2. The predicted molar refractivity (Wildman–Crippen MR) is 87.6 cm³/mol. The van der Waals surface area contributed by atoms with Crippen LogP contribution < -0.4 is 10.9 Å².